The van der Waals surface area contributed by atoms with Gasteiger partial charge in [-0.3, -0.25) is 9.36 Å². The Labute approximate surface area is 201 Å². The molecule has 0 aliphatic rings. The van der Waals surface area contributed by atoms with E-state index in [4.69, 9.17) is 32.7 Å². The summed E-state index contributed by atoms with van der Waals surface area (Å²) >= 11 is 13.9. The number of rotatable bonds is 9. The van der Waals surface area contributed by atoms with Crippen molar-refractivity contribution >= 4 is 40.9 Å². The zero-order valence-corrected chi connectivity index (χ0v) is 20.5. The van der Waals surface area contributed by atoms with Gasteiger partial charge in [-0.1, -0.05) is 41.9 Å². The van der Waals surface area contributed by atoms with Crippen LogP contribution in [-0.4, -0.2) is 46.7 Å². The molecule has 7 nitrogen and oxygen atoms in total. The molecule has 0 fully saturated rings. The van der Waals surface area contributed by atoms with E-state index in [0.717, 1.165) is 6.42 Å². The summed E-state index contributed by atoms with van der Waals surface area (Å²) in [6.07, 6.45) is 0.857. The Morgan fingerprint density at radius 2 is 1.84 bits per heavy atom. The molecule has 1 heterocycles. The van der Waals surface area contributed by atoms with Gasteiger partial charge in [0.25, 0.3) is 0 Å². The van der Waals surface area contributed by atoms with Crippen molar-refractivity contribution in [3.05, 3.63) is 46.4 Å². The van der Waals surface area contributed by atoms with Crippen LogP contribution in [0.3, 0.4) is 0 Å². The number of hydrogen-bond donors (Lipinski definition) is 1. The summed E-state index contributed by atoms with van der Waals surface area (Å²) in [5.41, 5.74) is 1.37. The van der Waals surface area contributed by atoms with E-state index in [1.54, 1.807) is 44.6 Å². The Morgan fingerprint density at radius 3 is 2.50 bits per heavy atom. The molecule has 1 aromatic heterocycles. The lowest BCUT2D eigenvalue weighted by molar-refractivity contribution is -0.119. The molecule has 2 aromatic carbocycles. The van der Waals surface area contributed by atoms with Crippen molar-refractivity contribution in [2.75, 3.05) is 20.0 Å². The van der Waals surface area contributed by atoms with E-state index in [1.165, 1.54) is 11.8 Å². The molecular weight excluding hydrogens is 471 g/mol. The van der Waals surface area contributed by atoms with E-state index < -0.39 is 0 Å². The van der Waals surface area contributed by atoms with Crippen LogP contribution in [0.15, 0.2) is 41.6 Å². The van der Waals surface area contributed by atoms with Gasteiger partial charge in [0.1, 0.15) is 11.5 Å². The summed E-state index contributed by atoms with van der Waals surface area (Å²) in [6.45, 7) is 3.99. The minimum Gasteiger partial charge on any atom is -0.496 e. The molecule has 0 radical (unpaired) electrons. The van der Waals surface area contributed by atoms with Gasteiger partial charge in [-0.25, -0.2) is 0 Å². The third kappa shape index (κ3) is 5.49. The van der Waals surface area contributed by atoms with Crippen LogP contribution in [-0.2, 0) is 4.79 Å². The Kier molecular flexibility index (Phi) is 8.28. The Bertz CT molecular complexity index is 1110. The molecule has 0 saturated heterocycles. The fourth-order valence-corrected chi connectivity index (χ4v) is 4.16. The highest BCUT2D eigenvalue weighted by molar-refractivity contribution is 7.99. The minimum absolute atomic E-state index is 0.0754. The monoisotopic (exact) mass is 494 g/mol. The van der Waals surface area contributed by atoms with Crippen LogP contribution in [0.4, 0.5) is 0 Å². The topological polar surface area (TPSA) is 78.3 Å². The van der Waals surface area contributed by atoms with Crippen LogP contribution in [0.5, 0.6) is 11.5 Å². The normalized spacial score (nSPS) is 11.8. The molecule has 0 aliphatic carbocycles. The fourth-order valence-electron chi connectivity index (χ4n) is 2.97. The molecule has 0 bridgehead atoms. The SMILES string of the molecule is CCC(C)NC(=O)CSc1nnc(-c2cc(Cl)ccc2OC)n1-c1ccc(OC)c(Cl)c1. The molecule has 1 amide bonds. The van der Waals surface area contributed by atoms with Crippen molar-refractivity contribution in [1.29, 1.82) is 0 Å². The fraction of sp³-hybridized carbons (Fsp3) is 0.318. The zero-order valence-electron chi connectivity index (χ0n) is 18.2. The third-order valence-corrected chi connectivity index (χ3v) is 6.24. The molecule has 1 N–H and O–H groups in total. The average Bonchev–Trinajstić information content (AvgIpc) is 3.21. The molecule has 32 heavy (non-hydrogen) atoms. The van der Waals surface area contributed by atoms with Gasteiger partial charge in [0.2, 0.25) is 5.91 Å². The van der Waals surface area contributed by atoms with E-state index in [9.17, 15) is 4.79 Å². The number of halogens is 2. The number of ether oxygens (including phenoxy) is 2. The van der Waals surface area contributed by atoms with Crippen molar-refractivity contribution in [2.45, 2.75) is 31.5 Å². The summed E-state index contributed by atoms with van der Waals surface area (Å²) in [4.78, 5) is 12.3. The number of nitrogens with zero attached hydrogens (tertiary/aromatic N) is 3. The predicted molar refractivity (Wildman–Crippen MR) is 129 cm³/mol. The minimum atomic E-state index is -0.0754. The Morgan fingerprint density at radius 1 is 1.12 bits per heavy atom. The van der Waals surface area contributed by atoms with Crippen LogP contribution < -0.4 is 14.8 Å². The van der Waals surface area contributed by atoms with Crippen LogP contribution in [0.1, 0.15) is 20.3 Å². The van der Waals surface area contributed by atoms with Gasteiger partial charge < -0.3 is 14.8 Å². The lowest BCUT2D eigenvalue weighted by Crippen LogP contribution is -2.33. The van der Waals surface area contributed by atoms with Crippen LogP contribution in [0, 0.1) is 0 Å². The van der Waals surface area contributed by atoms with Gasteiger partial charge in [-0.15, -0.1) is 10.2 Å². The van der Waals surface area contributed by atoms with Gasteiger partial charge in [-0.05, 0) is 49.7 Å². The summed E-state index contributed by atoms with van der Waals surface area (Å²) < 4.78 is 12.6. The largest absolute Gasteiger partial charge is 0.496 e. The second kappa shape index (κ2) is 10.9. The molecule has 0 aliphatic heterocycles. The lowest BCUT2D eigenvalue weighted by Gasteiger charge is -2.14. The summed E-state index contributed by atoms with van der Waals surface area (Å²) in [5.74, 6) is 1.77. The number of nitrogens with one attached hydrogen (secondary N) is 1. The number of hydrogen-bond acceptors (Lipinski definition) is 6. The standard InChI is InChI=1S/C22H24Cl2N4O3S/c1-5-13(2)25-20(29)12-32-22-27-26-21(16-10-14(23)6-8-18(16)30-3)28(22)15-7-9-19(31-4)17(24)11-15/h6-11,13H,5,12H2,1-4H3,(H,25,29). The van der Waals surface area contributed by atoms with Crippen molar-refractivity contribution in [2.24, 2.45) is 0 Å². The van der Waals surface area contributed by atoms with Gasteiger partial charge in [0, 0.05) is 11.1 Å². The highest BCUT2D eigenvalue weighted by Gasteiger charge is 2.21. The van der Waals surface area contributed by atoms with Crippen molar-refractivity contribution in [3.8, 4) is 28.6 Å². The molecule has 3 rings (SSSR count). The van der Waals surface area contributed by atoms with E-state index in [0.29, 0.717) is 43.8 Å². The molecule has 0 spiro atoms. The summed E-state index contributed by atoms with van der Waals surface area (Å²) in [5, 5.41) is 13.2. The number of benzene rings is 2. The van der Waals surface area contributed by atoms with Crippen molar-refractivity contribution < 1.29 is 14.3 Å². The van der Waals surface area contributed by atoms with E-state index >= 15 is 0 Å². The summed E-state index contributed by atoms with van der Waals surface area (Å²) in [6, 6.07) is 10.7. The van der Waals surface area contributed by atoms with Crippen LogP contribution in [0.25, 0.3) is 17.1 Å². The Hall–Kier alpha value is -2.42. The van der Waals surface area contributed by atoms with Gasteiger partial charge in [0.15, 0.2) is 11.0 Å². The van der Waals surface area contributed by atoms with Gasteiger partial charge in [0.05, 0.1) is 36.2 Å². The maximum Gasteiger partial charge on any atom is 0.230 e. The molecule has 10 heteroatoms. The maximum absolute atomic E-state index is 12.3. The predicted octanol–water partition coefficient (Wildman–Crippen LogP) is 5.27. The highest BCUT2D eigenvalue weighted by atomic mass is 35.5. The van der Waals surface area contributed by atoms with Crippen LogP contribution >= 0.6 is 35.0 Å². The van der Waals surface area contributed by atoms with E-state index in [2.05, 4.69) is 15.5 Å². The second-order valence-corrected chi connectivity index (χ2v) is 8.76. The molecule has 1 atom stereocenters. The number of carbonyl (C=O) groups is 1. The first-order chi connectivity index (χ1) is 15.4. The zero-order chi connectivity index (χ0) is 23.3. The van der Waals surface area contributed by atoms with E-state index in [1.807, 2.05) is 24.5 Å². The average molecular weight is 495 g/mol. The first-order valence-electron chi connectivity index (χ1n) is 9.93. The van der Waals surface area contributed by atoms with Crippen LogP contribution in [0.2, 0.25) is 10.0 Å². The smallest absolute Gasteiger partial charge is 0.230 e. The second-order valence-electron chi connectivity index (χ2n) is 6.97. The lowest BCUT2D eigenvalue weighted by atomic mass is 10.2. The molecule has 170 valence electrons. The maximum atomic E-state index is 12.3. The first kappa shape index (κ1) is 24.2. The highest BCUT2D eigenvalue weighted by Crippen LogP contribution is 2.36. The Balaban J connectivity index is 2.06. The van der Waals surface area contributed by atoms with Gasteiger partial charge in [-0.2, -0.15) is 0 Å². The molecule has 3 aromatic rings. The number of aromatic nitrogens is 3. The quantitative estimate of drug-likeness (QED) is 0.408. The molecule has 1 unspecified atom stereocenters. The third-order valence-electron chi connectivity index (χ3n) is 4.78. The van der Waals surface area contributed by atoms with E-state index in [-0.39, 0.29) is 17.7 Å². The number of methoxy groups -OCH3 is 2. The number of amides is 1. The molecule has 0 saturated carbocycles. The van der Waals surface area contributed by atoms with Crippen molar-refractivity contribution in [1.82, 2.24) is 20.1 Å². The first-order valence-corrected chi connectivity index (χ1v) is 11.7. The van der Waals surface area contributed by atoms with Gasteiger partial charge >= 0.3 is 0 Å². The van der Waals surface area contributed by atoms with Crippen molar-refractivity contribution in [3.63, 3.8) is 0 Å². The summed E-state index contributed by atoms with van der Waals surface area (Å²) in [7, 11) is 3.13. The molecular formula is C22H24Cl2N4O3S. The number of carbonyl (C=O) groups excluding carboxylic acids is 1. The number of thioether (sulfide) groups is 1.